The van der Waals surface area contributed by atoms with Gasteiger partial charge in [-0.25, -0.2) is 0 Å². The molecule has 0 aliphatic heterocycles. The number of hydrogen-bond acceptors (Lipinski definition) is 3. The van der Waals surface area contributed by atoms with E-state index in [4.69, 9.17) is 5.11 Å². The number of rotatable bonds is 8. The van der Waals surface area contributed by atoms with E-state index in [1.807, 2.05) is 27.7 Å². The van der Waals surface area contributed by atoms with Gasteiger partial charge >= 0.3 is 0 Å². The van der Waals surface area contributed by atoms with Gasteiger partial charge in [0.25, 0.3) is 0 Å². The maximum absolute atomic E-state index is 11.4. The highest BCUT2D eigenvalue weighted by Crippen LogP contribution is 2.07. The lowest BCUT2D eigenvalue weighted by Gasteiger charge is -2.24. The van der Waals surface area contributed by atoms with Gasteiger partial charge in [0.05, 0.1) is 0 Å². The maximum Gasteiger partial charge on any atom is 0.244 e. The zero-order valence-electron chi connectivity index (χ0n) is 17.4. The van der Waals surface area contributed by atoms with Gasteiger partial charge < -0.3 is 10.4 Å². The van der Waals surface area contributed by atoms with Crippen LogP contribution < -0.4 is 5.32 Å². The van der Waals surface area contributed by atoms with Crippen molar-refractivity contribution >= 4 is 11.7 Å². The van der Waals surface area contributed by atoms with Gasteiger partial charge in [-0.1, -0.05) is 61.3 Å². The largest absolute Gasteiger partial charge is 0.396 e. The molecule has 0 aromatic rings. The molecule has 0 aromatic heterocycles. The van der Waals surface area contributed by atoms with Crippen LogP contribution in [0.1, 0.15) is 81.6 Å². The standard InChI is InChI=1S/C12H21NO3.C6H14.C2H6/c1-9(2)10(15)5-6-11(16)13-12(3,4)7-8-14;1-4-5-6(2)3;1-2/h5-6,9,14H,7-8H2,1-4H3,(H,13,16);6H,4-5H2,1-3H3;1-2H3/b6-5+;;. The number of amides is 1. The minimum atomic E-state index is -0.461. The van der Waals surface area contributed by atoms with Crippen LogP contribution in [0.15, 0.2) is 12.2 Å². The van der Waals surface area contributed by atoms with Crippen molar-refractivity contribution < 1.29 is 14.7 Å². The Kier molecular flexibility index (Phi) is 19.2. The van der Waals surface area contributed by atoms with E-state index in [9.17, 15) is 9.59 Å². The Labute approximate surface area is 150 Å². The molecule has 0 fully saturated rings. The lowest BCUT2D eigenvalue weighted by molar-refractivity contribution is -0.120. The summed E-state index contributed by atoms with van der Waals surface area (Å²) < 4.78 is 0. The van der Waals surface area contributed by atoms with Gasteiger partial charge in [0.2, 0.25) is 5.91 Å². The molecule has 0 rings (SSSR count). The van der Waals surface area contributed by atoms with Crippen molar-refractivity contribution in [3.63, 3.8) is 0 Å². The van der Waals surface area contributed by atoms with Crippen LogP contribution >= 0.6 is 0 Å². The van der Waals surface area contributed by atoms with Gasteiger partial charge in [0.1, 0.15) is 0 Å². The molecule has 4 heteroatoms. The number of hydrogen-bond donors (Lipinski definition) is 2. The summed E-state index contributed by atoms with van der Waals surface area (Å²) in [6.45, 7) is 17.9. The summed E-state index contributed by atoms with van der Waals surface area (Å²) in [4.78, 5) is 22.7. The average molecular weight is 344 g/mol. The number of aliphatic hydroxyl groups is 1. The maximum atomic E-state index is 11.4. The predicted octanol–water partition coefficient (Wildman–Crippen LogP) is 4.51. The minimum Gasteiger partial charge on any atom is -0.396 e. The molecule has 0 radical (unpaired) electrons. The first-order valence-corrected chi connectivity index (χ1v) is 9.20. The van der Waals surface area contributed by atoms with Gasteiger partial charge in [-0.2, -0.15) is 0 Å². The van der Waals surface area contributed by atoms with E-state index >= 15 is 0 Å². The number of carbonyl (C=O) groups is 2. The first kappa shape index (κ1) is 27.7. The molecule has 0 saturated carbocycles. The van der Waals surface area contributed by atoms with Crippen molar-refractivity contribution in [1.82, 2.24) is 5.32 Å². The Morgan fingerprint density at radius 1 is 1.08 bits per heavy atom. The molecule has 4 nitrogen and oxygen atoms in total. The van der Waals surface area contributed by atoms with Gasteiger partial charge in [-0.15, -0.1) is 0 Å². The topological polar surface area (TPSA) is 66.4 Å². The van der Waals surface area contributed by atoms with E-state index in [0.717, 1.165) is 5.92 Å². The molecule has 0 atom stereocenters. The highest BCUT2D eigenvalue weighted by Gasteiger charge is 2.18. The van der Waals surface area contributed by atoms with E-state index in [0.29, 0.717) is 6.42 Å². The van der Waals surface area contributed by atoms with Crippen LogP contribution in [0.2, 0.25) is 0 Å². The fourth-order valence-electron chi connectivity index (χ4n) is 1.64. The highest BCUT2D eigenvalue weighted by molar-refractivity contribution is 5.98. The van der Waals surface area contributed by atoms with Crippen LogP contribution in [0.25, 0.3) is 0 Å². The number of nitrogens with one attached hydrogen (secondary N) is 1. The summed E-state index contributed by atoms with van der Waals surface area (Å²) in [6.07, 6.45) is 5.71. The summed E-state index contributed by atoms with van der Waals surface area (Å²) in [7, 11) is 0. The second-order valence-corrected chi connectivity index (χ2v) is 6.92. The molecule has 0 heterocycles. The van der Waals surface area contributed by atoms with Crippen LogP contribution in [-0.2, 0) is 9.59 Å². The molecule has 1 amide bonds. The Morgan fingerprint density at radius 3 is 1.88 bits per heavy atom. The van der Waals surface area contributed by atoms with E-state index in [2.05, 4.69) is 26.1 Å². The minimum absolute atomic E-state index is 0.0158. The molecule has 0 spiro atoms. The average Bonchev–Trinajstić information content (AvgIpc) is 2.46. The predicted molar refractivity (Wildman–Crippen MR) is 104 cm³/mol. The normalized spacial score (nSPS) is 10.8. The van der Waals surface area contributed by atoms with E-state index in [1.165, 1.54) is 25.0 Å². The molecule has 0 saturated heterocycles. The van der Waals surface area contributed by atoms with E-state index < -0.39 is 5.54 Å². The summed E-state index contributed by atoms with van der Waals surface area (Å²) >= 11 is 0. The summed E-state index contributed by atoms with van der Waals surface area (Å²) in [5.41, 5.74) is -0.461. The summed E-state index contributed by atoms with van der Waals surface area (Å²) in [5, 5.41) is 11.5. The molecular formula is C20H41NO3. The molecule has 144 valence electrons. The lowest BCUT2D eigenvalue weighted by atomic mass is 10.0. The Hall–Kier alpha value is -1.16. The van der Waals surface area contributed by atoms with E-state index in [1.54, 1.807) is 13.8 Å². The smallest absolute Gasteiger partial charge is 0.244 e. The molecule has 0 aliphatic rings. The Balaban J connectivity index is -0.000000462. The summed E-state index contributed by atoms with van der Waals surface area (Å²) in [5.74, 6) is 0.409. The number of ketones is 1. The van der Waals surface area contributed by atoms with Gasteiger partial charge in [0.15, 0.2) is 5.78 Å². The number of aliphatic hydroxyl groups excluding tert-OH is 1. The number of allylic oxidation sites excluding steroid dienone is 1. The van der Waals surface area contributed by atoms with Crippen molar-refractivity contribution in [3.05, 3.63) is 12.2 Å². The molecule has 24 heavy (non-hydrogen) atoms. The van der Waals surface area contributed by atoms with Crippen molar-refractivity contribution in [2.75, 3.05) is 6.61 Å². The SMILES string of the molecule is CC.CC(C)C(=O)/C=C/C(=O)NC(C)(C)CCO.CCCC(C)C. The highest BCUT2D eigenvalue weighted by atomic mass is 16.3. The van der Waals surface area contributed by atoms with Crippen molar-refractivity contribution in [3.8, 4) is 0 Å². The van der Waals surface area contributed by atoms with Crippen LogP contribution in [0, 0.1) is 11.8 Å². The summed E-state index contributed by atoms with van der Waals surface area (Å²) in [6, 6.07) is 0. The molecule has 2 N–H and O–H groups in total. The third kappa shape index (κ3) is 20.8. The zero-order valence-corrected chi connectivity index (χ0v) is 17.4. The lowest BCUT2D eigenvalue weighted by Crippen LogP contribution is -2.43. The monoisotopic (exact) mass is 343 g/mol. The molecule has 0 bridgehead atoms. The Bertz CT molecular complexity index is 345. The number of carbonyl (C=O) groups excluding carboxylic acids is 2. The van der Waals surface area contributed by atoms with Gasteiger partial charge in [-0.05, 0) is 32.3 Å². The molecule has 0 aliphatic carbocycles. The van der Waals surface area contributed by atoms with Crippen molar-refractivity contribution in [1.29, 1.82) is 0 Å². The fourth-order valence-corrected chi connectivity index (χ4v) is 1.64. The second-order valence-electron chi connectivity index (χ2n) is 6.92. The third-order valence-corrected chi connectivity index (χ3v) is 3.03. The van der Waals surface area contributed by atoms with E-state index in [-0.39, 0.29) is 24.2 Å². The van der Waals surface area contributed by atoms with Gasteiger partial charge in [-0.3, -0.25) is 9.59 Å². The molecular weight excluding hydrogens is 302 g/mol. The first-order chi connectivity index (χ1) is 11.1. The van der Waals surface area contributed by atoms with Gasteiger partial charge in [0, 0.05) is 24.1 Å². The second kappa shape index (κ2) is 16.7. The zero-order chi connectivity index (χ0) is 19.8. The van der Waals surface area contributed by atoms with Crippen molar-refractivity contribution in [2.45, 2.75) is 87.1 Å². The van der Waals surface area contributed by atoms with Crippen LogP contribution in [-0.4, -0.2) is 28.9 Å². The first-order valence-electron chi connectivity index (χ1n) is 9.20. The molecule has 0 unspecified atom stereocenters. The molecule has 0 aromatic carbocycles. The fraction of sp³-hybridized carbons (Fsp3) is 0.800. The Morgan fingerprint density at radius 2 is 1.58 bits per heavy atom. The van der Waals surface area contributed by atoms with Crippen LogP contribution in [0.4, 0.5) is 0 Å². The quantitative estimate of drug-likeness (QED) is 0.637. The van der Waals surface area contributed by atoms with Crippen LogP contribution in [0.5, 0.6) is 0 Å². The van der Waals surface area contributed by atoms with Crippen LogP contribution in [0.3, 0.4) is 0 Å². The van der Waals surface area contributed by atoms with Crippen molar-refractivity contribution in [2.24, 2.45) is 11.8 Å². The third-order valence-electron chi connectivity index (χ3n) is 3.03.